The Morgan fingerprint density at radius 3 is 2.75 bits per heavy atom. The van der Waals surface area contributed by atoms with Crippen molar-refractivity contribution in [3.8, 4) is 6.07 Å². The minimum Gasteiger partial charge on any atom is -0.369 e. The van der Waals surface area contributed by atoms with Gasteiger partial charge < -0.3 is 4.90 Å². The molecule has 28 heavy (non-hydrogen) atoms. The van der Waals surface area contributed by atoms with E-state index in [0.29, 0.717) is 42.7 Å². The molecule has 1 saturated heterocycles. The van der Waals surface area contributed by atoms with Gasteiger partial charge in [0.15, 0.2) is 5.78 Å². The van der Waals surface area contributed by atoms with Gasteiger partial charge in [-0.15, -0.1) is 0 Å². The maximum Gasteiger partial charge on any atom is 0.240 e. The first kappa shape index (κ1) is 20.0. The second-order valence-corrected chi connectivity index (χ2v) is 8.48. The number of carbonyl (C=O) groups is 1. The summed E-state index contributed by atoms with van der Waals surface area (Å²) in [4.78, 5) is 13.5. The molecule has 1 atom stereocenters. The summed E-state index contributed by atoms with van der Waals surface area (Å²) < 4.78 is 41.2. The summed E-state index contributed by atoms with van der Waals surface area (Å²) in [5, 5.41) is 9.40. The second-order valence-electron chi connectivity index (χ2n) is 6.76. The number of nitriles is 1. The van der Waals surface area contributed by atoms with Gasteiger partial charge in [-0.2, -0.15) is 5.26 Å². The van der Waals surface area contributed by atoms with E-state index in [-0.39, 0.29) is 10.7 Å². The number of nitrogens with zero attached hydrogens (tertiary/aromatic N) is 2. The van der Waals surface area contributed by atoms with Crippen LogP contribution in [0, 0.1) is 17.1 Å². The Bertz CT molecular complexity index is 1050. The Hall–Kier alpha value is -2.76. The normalized spacial score (nSPS) is 17.2. The van der Waals surface area contributed by atoms with Gasteiger partial charge in [0, 0.05) is 24.7 Å². The highest BCUT2D eigenvalue weighted by atomic mass is 32.2. The minimum atomic E-state index is -3.86. The average Bonchev–Trinajstić information content (AvgIpc) is 2.67. The van der Waals surface area contributed by atoms with Crippen molar-refractivity contribution < 1.29 is 17.6 Å². The first-order valence-corrected chi connectivity index (χ1v) is 10.4. The number of ketones is 1. The first-order chi connectivity index (χ1) is 13.3. The summed E-state index contributed by atoms with van der Waals surface area (Å²) in [5.41, 5.74) is 1.54. The monoisotopic (exact) mass is 401 g/mol. The smallest absolute Gasteiger partial charge is 0.240 e. The van der Waals surface area contributed by atoms with Crippen molar-refractivity contribution in [1.82, 2.24) is 4.72 Å². The molecule has 1 heterocycles. The lowest BCUT2D eigenvalue weighted by molar-refractivity contribution is 0.101. The zero-order chi connectivity index (χ0) is 20.3. The number of halogens is 1. The van der Waals surface area contributed by atoms with E-state index >= 15 is 0 Å². The largest absolute Gasteiger partial charge is 0.369 e. The molecule has 1 N–H and O–H groups in total. The summed E-state index contributed by atoms with van der Waals surface area (Å²) in [7, 11) is -3.86. The number of sulfonamides is 1. The van der Waals surface area contributed by atoms with E-state index in [0.717, 1.165) is 6.07 Å². The highest BCUT2D eigenvalue weighted by Gasteiger charge is 2.27. The van der Waals surface area contributed by atoms with Gasteiger partial charge in [-0.3, -0.25) is 4.79 Å². The van der Waals surface area contributed by atoms with E-state index in [1.165, 1.54) is 25.1 Å². The van der Waals surface area contributed by atoms with E-state index in [4.69, 9.17) is 0 Å². The molecular weight excluding hydrogens is 381 g/mol. The van der Waals surface area contributed by atoms with Gasteiger partial charge in [-0.05, 0) is 56.2 Å². The summed E-state index contributed by atoms with van der Waals surface area (Å²) in [5.74, 6) is -0.723. The molecule has 3 rings (SSSR count). The van der Waals surface area contributed by atoms with Crippen molar-refractivity contribution in [2.75, 3.05) is 18.0 Å². The van der Waals surface area contributed by atoms with Crippen LogP contribution in [-0.2, 0) is 10.0 Å². The van der Waals surface area contributed by atoms with Crippen LogP contribution in [0.4, 0.5) is 10.1 Å². The van der Waals surface area contributed by atoms with Gasteiger partial charge in [0.2, 0.25) is 10.0 Å². The lowest BCUT2D eigenvalue weighted by atomic mass is 10.0. The van der Waals surface area contributed by atoms with E-state index < -0.39 is 21.9 Å². The summed E-state index contributed by atoms with van der Waals surface area (Å²) in [6, 6.07) is 11.5. The van der Waals surface area contributed by atoms with Crippen LogP contribution in [0.15, 0.2) is 47.4 Å². The molecule has 6 nitrogen and oxygen atoms in total. The van der Waals surface area contributed by atoms with Crippen LogP contribution in [0.5, 0.6) is 0 Å². The molecule has 1 aliphatic rings. The van der Waals surface area contributed by atoms with Crippen LogP contribution in [0.25, 0.3) is 0 Å². The predicted molar refractivity (Wildman–Crippen MR) is 103 cm³/mol. The van der Waals surface area contributed by atoms with Crippen molar-refractivity contribution in [1.29, 1.82) is 5.26 Å². The fourth-order valence-electron chi connectivity index (χ4n) is 3.32. The minimum absolute atomic E-state index is 0.105. The number of nitrogens with one attached hydrogen (secondary N) is 1. The molecule has 146 valence electrons. The van der Waals surface area contributed by atoms with Crippen LogP contribution >= 0.6 is 0 Å². The van der Waals surface area contributed by atoms with Crippen molar-refractivity contribution in [2.45, 2.75) is 30.7 Å². The maximum absolute atomic E-state index is 13.4. The van der Waals surface area contributed by atoms with E-state index in [1.54, 1.807) is 18.2 Å². The second kappa shape index (κ2) is 8.09. The van der Waals surface area contributed by atoms with Gasteiger partial charge in [0.1, 0.15) is 11.9 Å². The molecule has 8 heteroatoms. The first-order valence-electron chi connectivity index (χ1n) is 8.88. The molecule has 0 aliphatic carbocycles. The fourth-order valence-corrected chi connectivity index (χ4v) is 4.61. The van der Waals surface area contributed by atoms with Crippen LogP contribution < -0.4 is 9.62 Å². The van der Waals surface area contributed by atoms with Gasteiger partial charge in [-0.25, -0.2) is 17.5 Å². The zero-order valence-electron chi connectivity index (χ0n) is 15.4. The SMILES string of the molecule is CC(=O)c1ccc(C#N)c(N2CCCC(NS(=O)(=O)c3cccc(F)c3)C2)c1. The van der Waals surface area contributed by atoms with Gasteiger partial charge in [-0.1, -0.05) is 6.07 Å². The molecule has 0 amide bonds. The van der Waals surface area contributed by atoms with Crippen molar-refractivity contribution in [3.63, 3.8) is 0 Å². The lowest BCUT2D eigenvalue weighted by Crippen LogP contribution is -2.48. The number of rotatable bonds is 5. The molecule has 0 bridgehead atoms. The molecular formula is C20H20FN3O3S. The topological polar surface area (TPSA) is 90.3 Å². The van der Waals surface area contributed by atoms with Crippen LogP contribution in [0.1, 0.15) is 35.7 Å². The quantitative estimate of drug-likeness (QED) is 0.778. The maximum atomic E-state index is 13.4. The van der Waals surface area contributed by atoms with Crippen LogP contribution in [0.3, 0.4) is 0 Å². The molecule has 0 radical (unpaired) electrons. The molecule has 1 aliphatic heterocycles. The van der Waals surface area contributed by atoms with Crippen LogP contribution in [-0.4, -0.2) is 33.3 Å². The summed E-state index contributed by atoms with van der Waals surface area (Å²) in [6.45, 7) is 2.45. The predicted octanol–water partition coefficient (Wildman–Crippen LogP) is 2.85. The van der Waals surface area contributed by atoms with E-state index in [9.17, 15) is 22.9 Å². The molecule has 2 aromatic rings. The Labute approximate surface area is 163 Å². The van der Waals surface area contributed by atoms with Gasteiger partial charge in [0.25, 0.3) is 0 Å². The highest BCUT2D eigenvalue weighted by Crippen LogP contribution is 2.26. The van der Waals surface area contributed by atoms with Crippen molar-refractivity contribution in [2.24, 2.45) is 0 Å². The average molecular weight is 401 g/mol. The van der Waals surface area contributed by atoms with Crippen LogP contribution in [0.2, 0.25) is 0 Å². The molecule has 0 saturated carbocycles. The molecule has 1 fully saturated rings. The third-order valence-electron chi connectivity index (χ3n) is 4.71. The Morgan fingerprint density at radius 2 is 2.07 bits per heavy atom. The Balaban J connectivity index is 1.82. The molecule has 0 spiro atoms. The third-order valence-corrected chi connectivity index (χ3v) is 6.23. The zero-order valence-corrected chi connectivity index (χ0v) is 16.2. The Kier molecular flexibility index (Phi) is 5.77. The highest BCUT2D eigenvalue weighted by molar-refractivity contribution is 7.89. The summed E-state index contributed by atoms with van der Waals surface area (Å²) >= 11 is 0. The number of benzene rings is 2. The number of Topliss-reactive ketones (excluding diaryl/α,β-unsaturated/α-hetero) is 1. The molecule has 1 unspecified atom stereocenters. The van der Waals surface area contributed by atoms with Gasteiger partial charge in [0.05, 0.1) is 16.1 Å². The number of anilines is 1. The number of hydrogen-bond acceptors (Lipinski definition) is 5. The van der Waals surface area contributed by atoms with Crippen molar-refractivity contribution >= 4 is 21.5 Å². The lowest BCUT2D eigenvalue weighted by Gasteiger charge is -2.35. The van der Waals surface area contributed by atoms with E-state index in [1.807, 2.05) is 4.90 Å². The fraction of sp³-hybridized carbons (Fsp3) is 0.300. The number of hydrogen-bond donors (Lipinski definition) is 1. The van der Waals surface area contributed by atoms with Gasteiger partial charge >= 0.3 is 0 Å². The third kappa shape index (κ3) is 4.38. The standard InChI is InChI=1S/C20H20FN3O3S/c1-14(25)15-7-8-16(12-22)20(10-15)24-9-3-5-18(13-24)23-28(26,27)19-6-2-4-17(21)11-19/h2,4,6-8,10-11,18,23H,3,5,9,13H2,1H3. The molecule has 2 aromatic carbocycles. The molecule has 0 aromatic heterocycles. The Morgan fingerprint density at radius 1 is 1.29 bits per heavy atom. The summed E-state index contributed by atoms with van der Waals surface area (Å²) in [6.07, 6.45) is 1.34. The van der Waals surface area contributed by atoms with E-state index in [2.05, 4.69) is 10.8 Å². The number of carbonyl (C=O) groups excluding carboxylic acids is 1. The number of piperidine rings is 1. The van der Waals surface area contributed by atoms with Crippen molar-refractivity contribution in [3.05, 3.63) is 59.4 Å².